The van der Waals surface area contributed by atoms with E-state index in [1.807, 2.05) is 18.3 Å². The number of pyridine rings is 1. The molecule has 0 atom stereocenters. The molecule has 1 aromatic heterocycles. The third-order valence-electron chi connectivity index (χ3n) is 5.00. The molecule has 1 aliphatic heterocycles. The number of amides is 1. The lowest BCUT2D eigenvalue weighted by atomic mass is 9.80. The van der Waals surface area contributed by atoms with Gasteiger partial charge in [0.25, 0.3) is 0 Å². The van der Waals surface area contributed by atoms with E-state index in [1.54, 1.807) is 12.3 Å². The van der Waals surface area contributed by atoms with Gasteiger partial charge >= 0.3 is 6.18 Å². The molecule has 27 heavy (non-hydrogen) atoms. The van der Waals surface area contributed by atoms with Gasteiger partial charge < -0.3 is 5.32 Å². The second kappa shape index (κ2) is 7.68. The Labute approximate surface area is 156 Å². The number of likely N-dealkylation sites (tertiary alicyclic amines) is 1. The highest BCUT2D eigenvalue weighted by Gasteiger charge is 2.39. The van der Waals surface area contributed by atoms with Gasteiger partial charge in [-0.25, -0.2) is 0 Å². The minimum Gasteiger partial charge on any atom is -0.347 e. The number of carbonyl (C=O) groups is 1. The lowest BCUT2D eigenvalue weighted by molar-refractivity contribution is -0.137. The van der Waals surface area contributed by atoms with Crippen LogP contribution in [0.25, 0.3) is 0 Å². The summed E-state index contributed by atoms with van der Waals surface area (Å²) in [6.07, 6.45) is 0.217. The molecule has 1 fully saturated rings. The van der Waals surface area contributed by atoms with E-state index in [1.165, 1.54) is 13.0 Å². The molecule has 1 aliphatic rings. The van der Waals surface area contributed by atoms with Crippen LogP contribution < -0.4 is 5.32 Å². The van der Waals surface area contributed by atoms with Crippen LogP contribution in [0, 0.1) is 0 Å². The SMILES string of the molecule is CC(=O)NC1(c2cccc(C(F)(F)F)c2)CCN(Cc2cccnc2)CC1. The summed E-state index contributed by atoms with van der Waals surface area (Å²) in [4.78, 5) is 18.1. The zero-order valence-electron chi connectivity index (χ0n) is 15.1. The predicted molar refractivity (Wildman–Crippen MR) is 95.7 cm³/mol. The first kappa shape index (κ1) is 19.4. The molecule has 0 unspecified atom stereocenters. The standard InChI is InChI=1S/C20H22F3N3O/c1-15(27)25-19(17-5-2-6-18(12-17)20(21,22)23)7-10-26(11-8-19)14-16-4-3-9-24-13-16/h2-6,9,12-13H,7-8,10-11,14H2,1H3,(H,25,27). The van der Waals surface area contributed by atoms with Crippen LogP contribution in [0.4, 0.5) is 13.2 Å². The topological polar surface area (TPSA) is 45.2 Å². The number of hydrogen-bond donors (Lipinski definition) is 1. The minimum absolute atomic E-state index is 0.242. The van der Waals surface area contributed by atoms with E-state index in [0.29, 0.717) is 31.5 Å². The minimum atomic E-state index is -4.41. The maximum Gasteiger partial charge on any atom is 0.416 e. The van der Waals surface area contributed by atoms with Crippen molar-refractivity contribution >= 4 is 5.91 Å². The second-order valence-corrected chi connectivity index (χ2v) is 6.98. The van der Waals surface area contributed by atoms with Gasteiger partial charge in [0.05, 0.1) is 11.1 Å². The van der Waals surface area contributed by atoms with Crippen molar-refractivity contribution in [3.05, 3.63) is 65.5 Å². The number of carbonyl (C=O) groups excluding carboxylic acids is 1. The lowest BCUT2D eigenvalue weighted by Gasteiger charge is -2.43. The first-order valence-electron chi connectivity index (χ1n) is 8.86. The van der Waals surface area contributed by atoms with Crippen molar-refractivity contribution < 1.29 is 18.0 Å². The predicted octanol–water partition coefficient (Wildman–Crippen LogP) is 3.73. The first-order valence-corrected chi connectivity index (χ1v) is 8.86. The quantitative estimate of drug-likeness (QED) is 0.883. The summed E-state index contributed by atoms with van der Waals surface area (Å²) in [5.74, 6) is -0.242. The van der Waals surface area contributed by atoms with Crippen molar-refractivity contribution in [2.75, 3.05) is 13.1 Å². The molecule has 0 bridgehead atoms. The molecule has 0 aliphatic carbocycles. The number of piperidine rings is 1. The number of benzene rings is 1. The van der Waals surface area contributed by atoms with Crippen molar-refractivity contribution in [1.29, 1.82) is 0 Å². The third-order valence-corrected chi connectivity index (χ3v) is 5.00. The number of rotatable bonds is 4. The van der Waals surface area contributed by atoms with E-state index < -0.39 is 17.3 Å². The average Bonchev–Trinajstić information content (AvgIpc) is 2.63. The zero-order valence-corrected chi connectivity index (χ0v) is 15.1. The monoisotopic (exact) mass is 377 g/mol. The van der Waals surface area contributed by atoms with Crippen LogP contribution in [0.1, 0.15) is 36.5 Å². The zero-order chi connectivity index (χ0) is 19.5. The summed E-state index contributed by atoms with van der Waals surface area (Å²) < 4.78 is 39.4. The molecule has 144 valence electrons. The Kier molecular flexibility index (Phi) is 5.51. The molecule has 2 aromatic rings. The normalized spacial score (nSPS) is 17.5. The average molecular weight is 377 g/mol. The van der Waals surface area contributed by atoms with Crippen molar-refractivity contribution in [3.63, 3.8) is 0 Å². The van der Waals surface area contributed by atoms with Crippen LogP contribution in [0.15, 0.2) is 48.8 Å². The summed E-state index contributed by atoms with van der Waals surface area (Å²) >= 11 is 0. The number of nitrogens with one attached hydrogen (secondary N) is 1. The van der Waals surface area contributed by atoms with Gasteiger partial charge in [-0.2, -0.15) is 13.2 Å². The van der Waals surface area contributed by atoms with Crippen LogP contribution in [0.3, 0.4) is 0 Å². The third kappa shape index (κ3) is 4.66. The Hall–Kier alpha value is -2.41. The largest absolute Gasteiger partial charge is 0.416 e. The molecule has 1 N–H and O–H groups in total. The van der Waals surface area contributed by atoms with Crippen LogP contribution in [0.5, 0.6) is 0 Å². The molecule has 0 saturated carbocycles. The highest BCUT2D eigenvalue weighted by molar-refractivity contribution is 5.74. The van der Waals surface area contributed by atoms with Crippen LogP contribution in [-0.2, 0) is 23.1 Å². The second-order valence-electron chi connectivity index (χ2n) is 6.98. The van der Waals surface area contributed by atoms with Crippen LogP contribution >= 0.6 is 0 Å². The van der Waals surface area contributed by atoms with Gasteiger partial charge in [0.2, 0.25) is 5.91 Å². The van der Waals surface area contributed by atoms with Gasteiger partial charge in [0.1, 0.15) is 0 Å². The first-order chi connectivity index (χ1) is 12.8. The summed E-state index contributed by atoms with van der Waals surface area (Å²) in [6.45, 7) is 3.47. The maximum absolute atomic E-state index is 13.1. The molecular weight excluding hydrogens is 355 g/mol. The number of hydrogen-bond acceptors (Lipinski definition) is 3. The van der Waals surface area contributed by atoms with Gasteiger partial charge in [-0.3, -0.25) is 14.7 Å². The maximum atomic E-state index is 13.1. The Balaban J connectivity index is 1.80. The molecule has 4 nitrogen and oxygen atoms in total. The number of alkyl halides is 3. The number of nitrogens with zero attached hydrogens (tertiary/aromatic N) is 2. The van der Waals surface area contributed by atoms with E-state index in [2.05, 4.69) is 15.2 Å². The van der Waals surface area contributed by atoms with Crippen LogP contribution in [-0.4, -0.2) is 28.9 Å². The van der Waals surface area contributed by atoms with E-state index in [9.17, 15) is 18.0 Å². The summed E-state index contributed by atoms with van der Waals surface area (Å²) in [5, 5.41) is 2.93. The Morgan fingerprint density at radius 1 is 1.22 bits per heavy atom. The fraction of sp³-hybridized carbons (Fsp3) is 0.400. The van der Waals surface area contributed by atoms with Crippen molar-refractivity contribution in [3.8, 4) is 0 Å². The van der Waals surface area contributed by atoms with Crippen LogP contribution in [0.2, 0.25) is 0 Å². The number of halogens is 3. The van der Waals surface area contributed by atoms with E-state index in [-0.39, 0.29) is 5.91 Å². The van der Waals surface area contributed by atoms with Crippen molar-refractivity contribution in [2.45, 2.75) is 38.0 Å². The smallest absolute Gasteiger partial charge is 0.347 e. The van der Waals surface area contributed by atoms with Gasteiger partial charge in [-0.1, -0.05) is 18.2 Å². The molecule has 1 saturated heterocycles. The molecular formula is C20H22F3N3O. The summed E-state index contributed by atoms with van der Waals surface area (Å²) in [6, 6.07) is 9.17. The fourth-order valence-electron chi connectivity index (χ4n) is 3.66. The Bertz CT molecular complexity index is 785. The molecule has 3 rings (SSSR count). The van der Waals surface area contributed by atoms with Gasteiger partial charge in [0, 0.05) is 39.0 Å². The molecule has 2 heterocycles. The fourth-order valence-corrected chi connectivity index (χ4v) is 3.66. The molecule has 1 aromatic carbocycles. The van der Waals surface area contributed by atoms with Gasteiger partial charge in [-0.05, 0) is 42.2 Å². The highest BCUT2D eigenvalue weighted by atomic mass is 19.4. The van der Waals surface area contributed by atoms with Crippen molar-refractivity contribution in [2.24, 2.45) is 0 Å². The number of aromatic nitrogens is 1. The molecule has 0 radical (unpaired) electrons. The van der Waals surface area contributed by atoms with Gasteiger partial charge in [0.15, 0.2) is 0 Å². The van der Waals surface area contributed by atoms with Crippen molar-refractivity contribution in [1.82, 2.24) is 15.2 Å². The Morgan fingerprint density at radius 2 is 1.96 bits per heavy atom. The molecule has 0 spiro atoms. The molecule has 1 amide bonds. The van der Waals surface area contributed by atoms with E-state index in [4.69, 9.17) is 0 Å². The molecule has 7 heteroatoms. The Morgan fingerprint density at radius 3 is 2.56 bits per heavy atom. The highest BCUT2D eigenvalue weighted by Crippen LogP contribution is 2.37. The van der Waals surface area contributed by atoms with Gasteiger partial charge in [-0.15, -0.1) is 0 Å². The lowest BCUT2D eigenvalue weighted by Crippen LogP contribution is -2.52. The van der Waals surface area contributed by atoms with E-state index >= 15 is 0 Å². The van der Waals surface area contributed by atoms with E-state index in [0.717, 1.165) is 24.2 Å². The summed E-state index contributed by atoms with van der Waals surface area (Å²) in [7, 11) is 0. The summed E-state index contributed by atoms with van der Waals surface area (Å²) in [5.41, 5.74) is 0.123.